The van der Waals surface area contributed by atoms with Crippen molar-refractivity contribution in [3.8, 4) is 0 Å². The molecule has 0 spiro atoms. The summed E-state index contributed by atoms with van der Waals surface area (Å²) in [6, 6.07) is 4.57. The van der Waals surface area contributed by atoms with E-state index in [0.29, 0.717) is 17.1 Å². The van der Waals surface area contributed by atoms with Crippen LogP contribution in [-0.2, 0) is 24.8 Å². The van der Waals surface area contributed by atoms with Gasteiger partial charge >= 0.3 is 0 Å². The van der Waals surface area contributed by atoms with Crippen LogP contribution in [0.4, 0.5) is 4.39 Å². The van der Waals surface area contributed by atoms with Crippen LogP contribution in [0.1, 0.15) is 22.7 Å². The van der Waals surface area contributed by atoms with Crippen LogP contribution in [0.15, 0.2) is 24.4 Å². The zero-order chi connectivity index (χ0) is 14.3. The third-order valence-corrected chi connectivity index (χ3v) is 3.82. The fourth-order valence-electron chi connectivity index (χ4n) is 2.43. The van der Waals surface area contributed by atoms with E-state index >= 15 is 0 Å². The standard InChI is InChI=1S/C14H13ClFN3O/c1-19-7-12(15)13(18-19)6-17-14(20)11-4-8-2-3-9(16)5-10(8)11/h2-3,5,7,11H,4,6H2,1H3,(H,17,20)/t11-/m1/s1. The van der Waals surface area contributed by atoms with Gasteiger partial charge in [-0.25, -0.2) is 4.39 Å². The average molecular weight is 294 g/mol. The smallest absolute Gasteiger partial charge is 0.228 e. The number of nitrogens with one attached hydrogen (secondary N) is 1. The van der Waals surface area contributed by atoms with Gasteiger partial charge in [-0.1, -0.05) is 17.7 Å². The molecule has 20 heavy (non-hydrogen) atoms. The second-order valence-corrected chi connectivity index (χ2v) is 5.32. The van der Waals surface area contributed by atoms with Crippen molar-refractivity contribution >= 4 is 17.5 Å². The number of hydrogen-bond donors (Lipinski definition) is 1. The quantitative estimate of drug-likeness (QED) is 0.943. The van der Waals surface area contributed by atoms with Crippen molar-refractivity contribution < 1.29 is 9.18 Å². The molecule has 0 unspecified atom stereocenters. The van der Waals surface area contributed by atoms with E-state index in [0.717, 1.165) is 11.1 Å². The van der Waals surface area contributed by atoms with Gasteiger partial charge in [0.15, 0.2) is 0 Å². The lowest BCUT2D eigenvalue weighted by Crippen LogP contribution is -2.35. The summed E-state index contributed by atoms with van der Waals surface area (Å²) in [7, 11) is 1.77. The second kappa shape index (κ2) is 4.90. The van der Waals surface area contributed by atoms with Gasteiger partial charge in [-0.3, -0.25) is 9.48 Å². The summed E-state index contributed by atoms with van der Waals surface area (Å²) in [5.74, 6) is -0.706. The second-order valence-electron chi connectivity index (χ2n) is 4.92. The molecule has 1 heterocycles. The number of amides is 1. The fourth-order valence-corrected chi connectivity index (χ4v) is 2.67. The highest BCUT2D eigenvalue weighted by Crippen LogP contribution is 2.35. The summed E-state index contributed by atoms with van der Waals surface area (Å²) in [6.07, 6.45) is 2.33. The monoisotopic (exact) mass is 293 g/mol. The number of aromatic nitrogens is 2. The van der Waals surface area contributed by atoms with Crippen LogP contribution in [0.25, 0.3) is 0 Å². The van der Waals surface area contributed by atoms with E-state index in [2.05, 4.69) is 10.4 Å². The van der Waals surface area contributed by atoms with E-state index in [-0.39, 0.29) is 24.2 Å². The van der Waals surface area contributed by atoms with Crippen molar-refractivity contribution in [3.05, 3.63) is 52.1 Å². The zero-order valence-electron chi connectivity index (χ0n) is 10.9. The van der Waals surface area contributed by atoms with Gasteiger partial charge in [0, 0.05) is 13.2 Å². The Morgan fingerprint density at radius 3 is 3.10 bits per heavy atom. The first-order chi connectivity index (χ1) is 9.54. The van der Waals surface area contributed by atoms with Crippen LogP contribution in [0.2, 0.25) is 5.02 Å². The number of benzene rings is 1. The van der Waals surface area contributed by atoms with Gasteiger partial charge in [-0.15, -0.1) is 0 Å². The van der Waals surface area contributed by atoms with E-state index in [1.807, 2.05) is 0 Å². The predicted octanol–water partition coefficient (Wildman–Crippen LogP) is 2.17. The summed E-state index contributed by atoms with van der Waals surface area (Å²) < 4.78 is 14.8. The molecular formula is C14H13ClFN3O. The maximum atomic E-state index is 13.2. The molecule has 1 N–H and O–H groups in total. The zero-order valence-corrected chi connectivity index (χ0v) is 11.6. The molecule has 3 rings (SSSR count). The Balaban J connectivity index is 1.65. The third kappa shape index (κ3) is 2.29. The first kappa shape index (κ1) is 13.1. The Bertz CT molecular complexity index is 683. The molecule has 1 amide bonds. The molecule has 1 aliphatic rings. The number of carbonyl (C=O) groups excluding carboxylic acids is 1. The van der Waals surface area contributed by atoms with Crippen LogP contribution in [0, 0.1) is 5.82 Å². The Labute approximate surface area is 120 Å². The molecule has 0 saturated heterocycles. The molecule has 0 aliphatic heterocycles. The van der Waals surface area contributed by atoms with Gasteiger partial charge in [-0.2, -0.15) is 5.10 Å². The van der Waals surface area contributed by atoms with Gasteiger partial charge in [0.2, 0.25) is 5.91 Å². The van der Waals surface area contributed by atoms with Gasteiger partial charge in [0.1, 0.15) is 11.5 Å². The van der Waals surface area contributed by atoms with Crippen molar-refractivity contribution in [1.29, 1.82) is 0 Å². The normalized spacial score (nSPS) is 16.4. The van der Waals surface area contributed by atoms with E-state index < -0.39 is 0 Å². The molecule has 1 atom stereocenters. The molecule has 0 radical (unpaired) electrons. The van der Waals surface area contributed by atoms with Crippen molar-refractivity contribution in [2.24, 2.45) is 7.05 Å². The third-order valence-electron chi connectivity index (χ3n) is 3.51. The van der Waals surface area contributed by atoms with Crippen LogP contribution in [0.3, 0.4) is 0 Å². The lowest BCUT2D eigenvalue weighted by atomic mass is 9.77. The maximum absolute atomic E-state index is 13.2. The van der Waals surface area contributed by atoms with Crippen LogP contribution in [-0.4, -0.2) is 15.7 Å². The highest BCUT2D eigenvalue weighted by Gasteiger charge is 2.32. The highest BCUT2D eigenvalue weighted by molar-refractivity contribution is 6.31. The number of hydrogen-bond acceptors (Lipinski definition) is 2. The molecular weight excluding hydrogens is 281 g/mol. The minimum Gasteiger partial charge on any atom is -0.350 e. The van der Waals surface area contributed by atoms with Crippen LogP contribution >= 0.6 is 11.6 Å². The van der Waals surface area contributed by atoms with Gasteiger partial charge in [0.25, 0.3) is 0 Å². The molecule has 0 bridgehead atoms. The van der Waals surface area contributed by atoms with E-state index in [1.165, 1.54) is 12.1 Å². The van der Waals surface area contributed by atoms with Gasteiger partial charge < -0.3 is 5.32 Å². The van der Waals surface area contributed by atoms with Gasteiger partial charge in [0.05, 0.1) is 17.5 Å². The average Bonchev–Trinajstić information content (AvgIpc) is 2.69. The number of rotatable bonds is 3. The van der Waals surface area contributed by atoms with Crippen molar-refractivity contribution in [1.82, 2.24) is 15.1 Å². The molecule has 1 aromatic carbocycles. The van der Waals surface area contributed by atoms with E-state index in [1.54, 1.807) is 24.0 Å². The summed E-state index contributed by atoms with van der Waals surface area (Å²) in [6.45, 7) is 0.277. The SMILES string of the molecule is Cn1cc(Cl)c(CNC(=O)[C@@H]2Cc3ccc(F)cc32)n1. The topological polar surface area (TPSA) is 46.9 Å². The highest BCUT2D eigenvalue weighted by atomic mass is 35.5. The summed E-state index contributed by atoms with van der Waals surface area (Å²) >= 11 is 5.97. The summed E-state index contributed by atoms with van der Waals surface area (Å²) in [5.41, 5.74) is 2.43. The van der Waals surface area contributed by atoms with Crippen LogP contribution in [0.5, 0.6) is 0 Å². The van der Waals surface area contributed by atoms with Crippen LogP contribution < -0.4 is 5.32 Å². The first-order valence-electron chi connectivity index (χ1n) is 6.28. The number of halogens is 2. The number of aryl methyl sites for hydroxylation is 1. The van der Waals surface area contributed by atoms with Gasteiger partial charge in [-0.05, 0) is 29.7 Å². The Kier molecular flexibility index (Phi) is 3.22. The molecule has 0 fully saturated rings. The van der Waals surface area contributed by atoms with E-state index in [4.69, 9.17) is 11.6 Å². The summed E-state index contributed by atoms with van der Waals surface area (Å²) in [4.78, 5) is 12.1. The lowest BCUT2D eigenvalue weighted by molar-refractivity contribution is -0.123. The Morgan fingerprint density at radius 2 is 2.40 bits per heavy atom. The van der Waals surface area contributed by atoms with Crippen molar-refractivity contribution in [2.75, 3.05) is 0 Å². The fraction of sp³-hybridized carbons (Fsp3) is 0.286. The number of nitrogens with zero attached hydrogens (tertiary/aromatic N) is 2. The number of fused-ring (bicyclic) bond motifs is 1. The molecule has 2 aromatic rings. The molecule has 104 valence electrons. The Morgan fingerprint density at radius 1 is 1.60 bits per heavy atom. The van der Waals surface area contributed by atoms with Crippen molar-refractivity contribution in [2.45, 2.75) is 18.9 Å². The maximum Gasteiger partial charge on any atom is 0.228 e. The largest absolute Gasteiger partial charge is 0.350 e. The molecule has 1 aromatic heterocycles. The lowest BCUT2D eigenvalue weighted by Gasteiger charge is -2.28. The summed E-state index contributed by atoms with van der Waals surface area (Å²) in [5, 5.41) is 7.47. The molecule has 6 heteroatoms. The predicted molar refractivity (Wildman–Crippen MR) is 72.9 cm³/mol. The first-order valence-corrected chi connectivity index (χ1v) is 6.66. The molecule has 4 nitrogen and oxygen atoms in total. The minimum atomic E-state index is -0.311. The Hall–Kier alpha value is -1.88. The molecule has 1 aliphatic carbocycles. The minimum absolute atomic E-state index is 0.121. The number of carbonyl (C=O) groups is 1. The molecule has 0 saturated carbocycles. The van der Waals surface area contributed by atoms with E-state index in [9.17, 15) is 9.18 Å². The van der Waals surface area contributed by atoms with Crippen molar-refractivity contribution in [3.63, 3.8) is 0 Å².